The monoisotopic (exact) mass is 271 g/mol. The van der Waals surface area contributed by atoms with Gasteiger partial charge in [0.05, 0.1) is 0 Å². The number of rotatable bonds is 1. The molecule has 1 aliphatic heterocycles. The van der Waals surface area contributed by atoms with Crippen LogP contribution < -0.4 is 0 Å². The summed E-state index contributed by atoms with van der Waals surface area (Å²) >= 11 is 0. The highest BCUT2D eigenvalue weighted by Crippen LogP contribution is 2.30. The molecule has 2 heterocycles. The lowest BCUT2D eigenvalue weighted by molar-refractivity contribution is 0.156. The second-order valence-electron chi connectivity index (χ2n) is 5.75. The molecule has 0 bridgehead atoms. The first-order valence-electron chi connectivity index (χ1n) is 7.19. The van der Waals surface area contributed by atoms with Gasteiger partial charge in [-0.15, -0.1) is 0 Å². The Labute approximate surface area is 119 Å². The zero-order valence-electron chi connectivity index (χ0n) is 12.1. The van der Waals surface area contributed by atoms with Gasteiger partial charge in [-0.25, -0.2) is 4.79 Å². The molecule has 2 amide bonds. The molecule has 0 aliphatic carbocycles. The number of likely N-dealkylation sites (tertiary alicyclic amines) is 1. The number of nitrogens with zero attached hydrogens (tertiary/aromatic N) is 2. The lowest BCUT2D eigenvalue weighted by atomic mass is 9.94. The molecule has 0 atom stereocenters. The molecule has 20 heavy (non-hydrogen) atoms. The van der Waals surface area contributed by atoms with Crippen LogP contribution in [0.4, 0.5) is 4.79 Å². The quantitative estimate of drug-likeness (QED) is 0.850. The van der Waals surface area contributed by atoms with E-state index >= 15 is 0 Å². The molecule has 106 valence electrons. The number of carbonyl (C=O) groups excluding carboxylic acids is 1. The Hall–Kier alpha value is -1.97. The minimum Gasteiger partial charge on any atom is -0.358 e. The average molecular weight is 271 g/mol. The van der Waals surface area contributed by atoms with E-state index in [2.05, 4.69) is 35.3 Å². The molecule has 1 aromatic heterocycles. The minimum absolute atomic E-state index is 0.125. The summed E-state index contributed by atoms with van der Waals surface area (Å²) in [6.07, 6.45) is 2.07. The minimum atomic E-state index is 0.125. The van der Waals surface area contributed by atoms with Crippen molar-refractivity contribution in [2.24, 2.45) is 0 Å². The van der Waals surface area contributed by atoms with Gasteiger partial charge < -0.3 is 14.8 Å². The molecule has 4 heteroatoms. The number of amides is 2. The van der Waals surface area contributed by atoms with Crippen molar-refractivity contribution in [2.75, 3.05) is 27.2 Å². The van der Waals surface area contributed by atoms with E-state index < -0.39 is 0 Å². The number of hydrogen-bond acceptors (Lipinski definition) is 1. The summed E-state index contributed by atoms with van der Waals surface area (Å²) < 4.78 is 0. The standard InChI is InChI=1S/C16H21N3O/c1-18(2)16(20)19-9-7-12(8-10-19)15-11-13-5-3-4-6-14(13)17-15/h3-6,11-12,17H,7-10H2,1-2H3. The molecule has 0 saturated carbocycles. The number of hydrogen-bond donors (Lipinski definition) is 1. The maximum atomic E-state index is 11.9. The number of H-pyrrole nitrogens is 1. The van der Waals surface area contributed by atoms with Crippen LogP contribution in [-0.4, -0.2) is 48.0 Å². The Kier molecular flexibility index (Phi) is 3.38. The van der Waals surface area contributed by atoms with E-state index in [1.54, 1.807) is 4.90 Å². The first kappa shape index (κ1) is 13.0. The van der Waals surface area contributed by atoms with E-state index in [1.807, 2.05) is 19.0 Å². The molecule has 3 rings (SSSR count). The van der Waals surface area contributed by atoms with Gasteiger partial charge in [0.2, 0.25) is 0 Å². The molecule has 4 nitrogen and oxygen atoms in total. The first-order valence-corrected chi connectivity index (χ1v) is 7.19. The van der Waals surface area contributed by atoms with Gasteiger partial charge in [-0.2, -0.15) is 0 Å². The highest BCUT2D eigenvalue weighted by molar-refractivity contribution is 5.80. The van der Waals surface area contributed by atoms with E-state index in [0.29, 0.717) is 5.92 Å². The number of piperidine rings is 1. The van der Waals surface area contributed by atoms with Gasteiger partial charge >= 0.3 is 6.03 Å². The normalized spacial score (nSPS) is 16.6. The van der Waals surface area contributed by atoms with Crippen LogP contribution in [0.3, 0.4) is 0 Å². The summed E-state index contributed by atoms with van der Waals surface area (Å²) in [6, 6.07) is 10.8. The molecular formula is C16H21N3O. The maximum Gasteiger partial charge on any atom is 0.319 e. The van der Waals surface area contributed by atoms with Crippen LogP contribution in [0.1, 0.15) is 24.5 Å². The number of urea groups is 1. The molecule has 1 N–H and O–H groups in total. The van der Waals surface area contributed by atoms with Gasteiger partial charge in [-0.3, -0.25) is 0 Å². The first-order chi connectivity index (χ1) is 9.65. The van der Waals surface area contributed by atoms with Crippen molar-refractivity contribution in [1.82, 2.24) is 14.8 Å². The second-order valence-corrected chi connectivity index (χ2v) is 5.75. The summed E-state index contributed by atoms with van der Waals surface area (Å²) in [5.74, 6) is 0.536. The third kappa shape index (κ3) is 2.38. The Morgan fingerprint density at radius 3 is 2.60 bits per heavy atom. The Morgan fingerprint density at radius 2 is 1.95 bits per heavy atom. The van der Waals surface area contributed by atoms with Crippen molar-refractivity contribution < 1.29 is 4.79 Å². The van der Waals surface area contributed by atoms with Crippen molar-refractivity contribution in [3.8, 4) is 0 Å². The van der Waals surface area contributed by atoms with Crippen LogP contribution in [0.15, 0.2) is 30.3 Å². The highest BCUT2D eigenvalue weighted by atomic mass is 16.2. The molecule has 1 aromatic carbocycles. The van der Waals surface area contributed by atoms with E-state index in [9.17, 15) is 4.79 Å². The number of carbonyl (C=O) groups is 1. The van der Waals surface area contributed by atoms with Gasteiger partial charge in [0.25, 0.3) is 0 Å². The van der Waals surface area contributed by atoms with Crippen LogP contribution in [0.5, 0.6) is 0 Å². The Bertz CT molecular complexity index is 576. The average Bonchev–Trinajstić information content (AvgIpc) is 2.90. The van der Waals surface area contributed by atoms with Gasteiger partial charge in [-0.1, -0.05) is 18.2 Å². The molecule has 0 radical (unpaired) electrons. The zero-order chi connectivity index (χ0) is 14.1. The van der Waals surface area contributed by atoms with Gasteiger partial charge in [0.15, 0.2) is 0 Å². The third-order valence-electron chi connectivity index (χ3n) is 4.14. The highest BCUT2D eigenvalue weighted by Gasteiger charge is 2.25. The number of fused-ring (bicyclic) bond motifs is 1. The van der Waals surface area contributed by atoms with Gasteiger partial charge in [0.1, 0.15) is 0 Å². The SMILES string of the molecule is CN(C)C(=O)N1CCC(c2cc3ccccc3[nH]2)CC1. The van der Waals surface area contributed by atoms with Gasteiger partial charge in [0, 0.05) is 44.3 Å². The predicted octanol–water partition coefficient (Wildman–Crippen LogP) is 3.03. The summed E-state index contributed by atoms with van der Waals surface area (Å²) in [5, 5.41) is 1.27. The Balaban J connectivity index is 1.70. The van der Waals surface area contributed by atoms with Crippen LogP contribution in [0.25, 0.3) is 10.9 Å². The van der Waals surface area contributed by atoms with Crippen molar-refractivity contribution in [3.63, 3.8) is 0 Å². The van der Waals surface area contributed by atoms with E-state index in [-0.39, 0.29) is 6.03 Å². The van der Waals surface area contributed by atoms with Crippen molar-refractivity contribution >= 4 is 16.9 Å². The second kappa shape index (κ2) is 5.19. The number of aromatic amines is 1. The fourth-order valence-corrected chi connectivity index (χ4v) is 2.98. The maximum absolute atomic E-state index is 11.9. The summed E-state index contributed by atoms with van der Waals surface area (Å²) in [7, 11) is 3.62. The fourth-order valence-electron chi connectivity index (χ4n) is 2.98. The molecule has 2 aromatic rings. The third-order valence-corrected chi connectivity index (χ3v) is 4.14. The lowest BCUT2D eigenvalue weighted by Crippen LogP contribution is -2.43. The smallest absolute Gasteiger partial charge is 0.319 e. The topological polar surface area (TPSA) is 39.3 Å². The number of aromatic nitrogens is 1. The molecule has 1 fully saturated rings. The molecule has 0 spiro atoms. The van der Waals surface area contributed by atoms with E-state index in [1.165, 1.54) is 16.6 Å². The zero-order valence-corrected chi connectivity index (χ0v) is 12.1. The molecule has 1 saturated heterocycles. The van der Waals surface area contributed by atoms with Crippen molar-refractivity contribution in [2.45, 2.75) is 18.8 Å². The number of benzene rings is 1. The molecular weight excluding hydrogens is 250 g/mol. The Morgan fingerprint density at radius 1 is 1.25 bits per heavy atom. The largest absolute Gasteiger partial charge is 0.358 e. The molecule has 0 unspecified atom stereocenters. The predicted molar refractivity (Wildman–Crippen MR) is 80.9 cm³/mol. The van der Waals surface area contributed by atoms with Crippen molar-refractivity contribution in [3.05, 3.63) is 36.0 Å². The van der Waals surface area contributed by atoms with Crippen molar-refractivity contribution in [1.29, 1.82) is 0 Å². The van der Waals surface area contributed by atoms with Crippen LogP contribution in [0, 0.1) is 0 Å². The van der Waals surface area contributed by atoms with Crippen LogP contribution >= 0.6 is 0 Å². The van der Waals surface area contributed by atoms with Gasteiger partial charge in [-0.05, 0) is 30.4 Å². The number of para-hydroxylation sites is 1. The summed E-state index contributed by atoms with van der Waals surface area (Å²) in [4.78, 5) is 19.0. The number of nitrogens with one attached hydrogen (secondary N) is 1. The van der Waals surface area contributed by atoms with Crippen LogP contribution in [0.2, 0.25) is 0 Å². The lowest BCUT2D eigenvalue weighted by Gasteiger charge is -2.33. The molecule has 1 aliphatic rings. The fraction of sp³-hybridized carbons (Fsp3) is 0.438. The van der Waals surface area contributed by atoms with E-state index in [0.717, 1.165) is 25.9 Å². The van der Waals surface area contributed by atoms with Crippen LogP contribution in [-0.2, 0) is 0 Å². The summed E-state index contributed by atoms with van der Waals surface area (Å²) in [5.41, 5.74) is 2.51. The summed E-state index contributed by atoms with van der Waals surface area (Å²) in [6.45, 7) is 1.69. The van der Waals surface area contributed by atoms with E-state index in [4.69, 9.17) is 0 Å².